The second-order valence-electron chi connectivity index (χ2n) is 3.33. The van der Waals surface area contributed by atoms with E-state index in [9.17, 15) is 31.1 Å². The van der Waals surface area contributed by atoms with Crippen LogP contribution in [0, 0.1) is 0 Å². The van der Waals surface area contributed by atoms with E-state index in [0.717, 1.165) is 0 Å². The molecule has 0 atom stereocenters. The van der Waals surface area contributed by atoms with Gasteiger partial charge < -0.3 is 5.11 Å². The lowest BCUT2D eigenvalue weighted by Crippen LogP contribution is -2.18. The molecule has 100 valence electrons. The van der Waals surface area contributed by atoms with Gasteiger partial charge in [-0.25, -0.2) is 0 Å². The van der Waals surface area contributed by atoms with E-state index in [-0.39, 0.29) is 0 Å². The molecule has 0 amide bonds. The molecule has 0 saturated heterocycles. The van der Waals surface area contributed by atoms with Gasteiger partial charge in [-0.15, -0.1) is 0 Å². The fraction of sp³-hybridized carbons (Fsp3) is 0.300. The van der Waals surface area contributed by atoms with Gasteiger partial charge in [-0.1, -0.05) is 6.07 Å². The molecule has 0 radical (unpaired) electrons. The third-order valence-corrected chi connectivity index (χ3v) is 2.21. The number of carbonyl (C=O) groups is 1. The first-order valence-corrected chi connectivity index (χ1v) is 4.49. The second kappa shape index (κ2) is 4.60. The molecule has 1 N–H and O–H groups in total. The molecule has 1 aromatic carbocycles. The average molecular weight is 272 g/mol. The summed E-state index contributed by atoms with van der Waals surface area (Å²) in [6, 6.07) is 0.836. The van der Waals surface area contributed by atoms with Gasteiger partial charge in [-0.05, 0) is 11.6 Å². The summed E-state index contributed by atoms with van der Waals surface area (Å²) in [6.45, 7) is -1.12. The van der Waals surface area contributed by atoms with E-state index in [1.165, 1.54) is 0 Å². The standard InChI is InChI=1S/C10H6F6O2/c11-9(12,13)7-2-1-5(3-17)8(6(7)4-18)10(14,15)16/h1-2,4,17H,3H2. The Labute approximate surface area is 96.8 Å². The van der Waals surface area contributed by atoms with Crippen molar-refractivity contribution in [3.05, 3.63) is 34.4 Å². The fourth-order valence-corrected chi connectivity index (χ4v) is 1.50. The number of alkyl halides is 6. The molecule has 8 heteroatoms. The highest BCUT2D eigenvalue weighted by atomic mass is 19.4. The number of hydrogen-bond donors (Lipinski definition) is 1. The SMILES string of the molecule is O=Cc1c(C(F)(F)F)ccc(CO)c1C(F)(F)F. The lowest BCUT2D eigenvalue weighted by molar-refractivity contribution is -0.144. The summed E-state index contributed by atoms with van der Waals surface area (Å²) in [7, 11) is 0. The summed E-state index contributed by atoms with van der Waals surface area (Å²) in [5.74, 6) is 0. The Morgan fingerprint density at radius 2 is 1.61 bits per heavy atom. The van der Waals surface area contributed by atoms with Crippen LogP contribution in [0.2, 0.25) is 0 Å². The molecule has 0 aromatic heterocycles. The lowest BCUT2D eigenvalue weighted by atomic mass is 9.96. The van der Waals surface area contributed by atoms with Gasteiger partial charge in [-0.3, -0.25) is 4.79 Å². The van der Waals surface area contributed by atoms with E-state index in [4.69, 9.17) is 5.11 Å². The van der Waals surface area contributed by atoms with Crippen molar-refractivity contribution in [2.75, 3.05) is 0 Å². The van der Waals surface area contributed by atoms with Crippen molar-refractivity contribution < 1.29 is 36.2 Å². The van der Waals surface area contributed by atoms with E-state index in [1.54, 1.807) is 0 Å². The Kier molecular flexibility index (Phi) is 3.70. The maximum absolute atomic E-state index is 12.6. The molecule has 0 aliphatic carbocycles. The van der Waals surface area contributed by atoms with Gasteiger partial charge in [0.15, 0.2) is 6.29 Å². The van der Waals surface area contributed by atoms with Crippen molar-refractivity contribution in [1.29, 1.82) is 0 Å². The van der Waals surface area contributed by atoms with Gasteiger partial charge in [0, 0.05) is 5.56 Å². The van der Waals surface area contributed by atoms with Crippen LogP contribution in [0.1, 0.15) is 27.0 Å². The maximum Gasteiger partial charge on any atom is 0.417 e. The molecule has 1 aromatic rings. The van der Waals surface area contributed by atoms with E-state index in [1.807, 2.05) is 0 Å². The van der Waals surface area contributed by atoms with Crippen molar-refractivity contribution in [3.8, 4) is 0 Å². The van der Waals surface area contributed by atoms with Crippen LogP contribution < -0.4 is 0 Å². The first-order chi connectivity index (χ1) is 8.12. The van der Waals surface area contributed by atoms with E-state index in [2.05, 4.69) is 0 Å². The molecule has 2 nitrogen and oxygen atoms in total. The van der Waals surface area contributed by atoms with Crippen LogP contribution >= 0.6 is 0 Å². The van der Waals surface area contributed by atoms with E-state index < -0.39 is 47.5 Å². The average Bonchev–Trinajstić information content (AvgIpc) is 2.24. The number of benzene rings is 1. The van der Waals surface area contributed by atoms with Crippen molar-refractivity contribution >= 4 is 6.29 Å². The minimum Gasteiger partial charge on any atom is -0.392 e. The van der Waals surface area contributed by atoms with Gasteiger partial charge in [0.2, 0.25) is 0 Å². The summed E-state index contributed by atoms with van der Waals surface area (Å²) < 4.78 is 75.2. The number of aliphatic hydroxyl groups is 1. The van der Waals surface area contributed by atoms with E-state index in [0.29, 0.717) is 12.1 Å². The zero-order valence-corrected chi connectivity index (χ0v) is 8.56. The van der Waals surface area contributed by atoms with Crippen molar-refractivity contribution in [2.24, 2.45) is 0 Å². The molecule has 0 spiro atoms. The molecular formula is C10H6F6O2. The summed E-state index contributed by atoms with van der Waals surface area (Å²) >= 11 is 0. The van der Waals surface area contributed by atoms with Crippen LogP contribution in [-0.2, 0) is 19.0 Å². The number of aldehydes is 1. The van der Waals surface area contributed by atoms with E-state index >= 15 is 0 Å². The Balaban J connectivity index is 3.69. The molecule has 0 aliphatic heterocycles. The van der Waals surface area contributed by atoms with Crippen molar-refractivity contribution in [3.63, 3.8) is 0 Å². The zero-order chi connectivity index (χ0) is 14.1. The lowest BCUT2D eigenvalue weighted by Gasteiger charge is -2.18. The number of rotatable bonds is 2. The van der Waals surface area contributed by atoms with Gasteiger partial charge in [0.25, 0.3) is 0 Å². The molecule has 18 heavy (non-hydrogen) atoms. The normalized spacial score (nSPS) is 12.6. The first kappa shape index (κ1) is 14.5. The number of aliphatic hydroxyl groups excluding tert-OH is 1. The van der Waals surface area contributed by atoms with Crippen molar-refractivity contribution in [2.45, 2.75) is 19.0 Å². The van der Waals surface area contributed by atoms with Crippen LogP contribution in [0.5, 0.6) is 0 Å². The fourth-order valence-electron chi connectivity index (χ4n) is 1.50. The van der Waals surface area contributed by atoms with Crippen LogP contribution in [0.4, 0.5) is 26.3 Å². The minimum atomic E-state index is -5.16. The smallest absolute Gasteiger partial charge is 0.392 e. The molecular weight excluding hydrogens is 266 g/mol. The van der Waals surface area contributed by atoms with Gasteiger partial charge in [0.1, 0.15) is 0 Å². The highest BCUT2D eigenvalue weighted by molar-refractivity contribution is 5.81. The third kappa shape index (κ3) is 2.63. The molecule has 0 heterocycles. The second-order valence-corrected chi connectivity index (χ2v) is 3.33. The Hall–Kier alpha value is -1.57. The Bertz CT molecular complexity index is 461. The van der Waals surface area contributed by atoms with Crippen LogP contribution in [-0.4, -0.2) is 11.4 Å². The summed E-state index contributed by atoms with van der Waals surface area (Å²) in [6.07, 6.45) is -10.7. The molecule has 0 bridgehead atoms. The summed E-state index contributed by atoms with van der Waals surface area (Å²) in [4.78, 5) is 10.5. The van der Waals surface area contributed by atoms with Crippen LogP contribution in [0.15, 0.2) is 12.1 Å². The summed E-state index contributed by atoms with van der Waals surface area (Å²) in [5.41, 5.74) is -5.73. The third-order valence-electron chi connectivity index (χ3n) is 2.21. The molecule has 0 aliphatic rings. The zero-order valence-electron chi connectivity index (χ0n) is 8.56. The van der Waals surface area contributed by atoms with Crippen LogP contribution in [0.25, 0.3) is 0 Å². The Morgan fingerprint density at radius 3 is 1.94 bits per heavy atom. The largest absolute Gasteiger partial charge is 0.417 e. The molecule has 0 saturated carbocycles. The first-order valence-electron chi connectivity index (χ1n) is 4.49. The quantitative estimate of drug-likeness (QED) is 0.663. The number of hydrogen-bond acceptors (Lipinski definition) is 2. The maximum atomic E-state index is 12.6. The predicted molar refractivity (Wildman–Crippen MR) is 47.8 cm³/mol. The molecule has 1 rings (SSSR count). The number of halogens is 6. The molecule has 0 unspecified atom stereocenters. The monoisotopic (exact) mass is 272 g/mol. The predicted octanol–water partition coefficient (Wildman–Crippen LogP) is 3.03. The molecule has 0 fully saturated rings. The number of carbonyl (C=O) groups excluding carboxylic acids is 1. The topological polar surface area (TPSA) is 37.3 Å². The summed E-state index contributed by atoms with van der Waals surface area (Å²) in [5, 5.41) is 8.70. The Morgan fingerprint density at radius 1 is 1.06 bits per heavy atom. The highest BCUT2D eigenvalue weighted by Crippen LogP contribution is 2.40. The highest BCUT2D eigenvalue weighted by Gasteiger charge is 2.42. The van der Waals surface area contributed by atoms with Crippen molar-refractivity contribution in [1.82, 2.24) is 0 Å². The minimum absolute atomic E-state index is 0.338. The van der Waals surface area contributed by atoms with Gasteiger partial charge >= 0.3 is 12.4 Å². The van der Waals surface area contributed by atoms with Gasteiger partial charge in [0.05, 0.1) is 17.7 Å². The van der Waals surface area contributed by atoms with Gasteiger partial charge in [-0.2, -0.15) is 26.3 Å². The van der Waals surface area contributed by atoms with Crippen LogP contribution in [0.3, 0.4) is 0 Å².